The van der Waals surface area contributed by atoms with Crippen LogP contribution in [0.2, 0.25) is 0 Å². The lowest BCUT2D eigenvalue weighted by Gasteiger charge is -2.31. The molecule has 162 valence electrons. The maximum Gasteiger partial charge on any atom is 0.278 e. The highest BCUT2D eigenvalue weighted by Gasteiger charge is 2.29. The van der Waals surface area contributed by atoms with Crippen LogP contribution in [-0.2, 0) is 30.7 Å². The molecule has 2 aromatic carbocycles. The van der Waals surface area contributed by atoms with Crippen molar-refractivity contribution < 1.29 is 19.2 Å². The second-order valence-electron chi connectivity index (χ2n) is 8.78. The van der Waals surface area contributed by atoms with E-state index in [1.165, 1.54) is 43.8 Å². The molecule has 1 atom stereocenters. The Morgan fingerprint density at radius 3 is 2.65 bits per heavy atom. The Balaban J connectivity index is 1.29. The van der Waals surface area contributed by atoms with Gasteiger partial charge in [-0.05, 0) is 36.8 Å². The summed E-state index contributed by atoms with van der Waals surface area (Å²) in [5.41, 5.74) is 7.54. The van der Waals surface area contributed by atoms with Crippen LogP contribution in [0.4, 0.5) is 0 Å². The SMILES string of the molecule is COc1cc2c(cc1OC)C[NH+](CC(=O)N1CCc3[nH]c4ccc(C)cc4c3C1)CC2. The van der Waals surface area contributed by atoms with Gasteiger partial charge in [0.1, 0.15) is 6.54 Å². The van der Waals surface area contributed by atoms with E-state index in [-0.39, 0.29) is 5.91 Å². The fourth-order valence-electron chi connectivity index (χ4n) is 5.05. The molecule has 0 radical (unpaired) electrons. The molecule has 3 heterocycles. The van der Waals surface area contributed by atoms with Gasteiger partial charge >= 0.3 is 0 Å². The molecule has 2 aliphatic rings. The molecule has 6 nitrogen and oxygen atoms in total. The summed E-state index contributed by atoms with van der Waals surface area (Å²) in [5, 5.41) is 1.26. The highest BCUT2D eigenvalue weighted by Crippen LogP contribution is 2.31. The van der Waals surface area contributed by atoms with E-state index >= 15 is 0 Å². The molecule has 5 rings (SSSR count). The number of H-pyrrole nitrogens is 1. The Kier molecular flexibility index (Phi) is 5.10. The summed E-state index contributed by atoms with van der Waals surface area (Å²) in [6.07, 6.45) is 1.84. The van der Waals surface area contributed by atoms with E-state index in [2.05, 4.69) is 42.2 Å². The zero-order valence-corrected chi connectivity index (χ0v) is 18.5. The topological polar surface area (TPSA) is 59.0 Å². The highest BCUT2D eigenvalue weighted by molar-refractivity contribution is 5.86. The van der Waals surface area contributed by atoms with Crippen LogP contribution < -0.4 is 14.4 Å². The van der Waals surface area contributed by atoms with Crippen LogP contribution in [0, 0.1) is 6.92 Å². The minimum Gasteiger partial charge on any atom is -0.493 e. The fourth-order valence-corrected chi connectivity index (χ4v) is 5.05. The second-order valence-corrected chi connectivity index (χ2v) is 8.78. The number of aromatic nitrogens is 1. The van der Waals surface area contributed by atoms with Crippen LogP contribution in [0.5, 0.6) is 11.5 Å². The third-order valence-electron chi connectivity index (χ3n) is 6.78. The standard InChI is InChI=1S/C25H29N3O3/c1-16-4-5-21-19(10-16)20-14-28(9-7-22(20)26-21)25(29)15-27-8-6-17-11-23(30-2)24(31-3)12-18(17)13-27/h4-5,10-12,26H,6-9,13-15H2,1-3H3/p+1. The number of nitrogens with zero attached hydrogens (tertiary/aromatic N) is 1. The normalized spacial score (nSPS) is 17.9. The van der Waals surface area contributed by atoms with Crippen molar-refractivity contribution in [1.82, 2.24) is 9.88 Å². The van der Waals surface area contributed by atoms with Gasteiger partial charge in [-0.2, -0.15) is 0 Å². The molecule has 2 N–H and O–H groups in total. The van der Waals surface area contributed by atoms with Crippen molar-refractivity contribution in [3.63, 3.8) is 0 Å². The van der Waals surface area contributed by atoms with E-state index < -0.39 is 0 Å². The molecule has 0 saturated heterocycles. The monoisotopic (exact) mass is 420 g/mol. The predicted octanol–water partition coefficient (Wildman–Crippen LogP) is 2.02. The van der Waals surface area contributed by atoms with Gasteiger partial charge in [-0.1, -0.05) is 11.6 Å². The number of ether oxygens (including phenoxy) is 2. The Labute approximate surface area is 182 Å². The van der Waals surface area contributed by atoms with Gasteiger partial charge in [-0.15, -0.1) is 0 Å². The minimum absolute atomic E-state index is 0.242. The maximum atomic E-state index is 13.2. The summed E-state index contributed by atoms with van der Waals surface area (Å²) >= 11 is 0. The van der Waals surface area contributed by atoms with Gasteiger partial charge in [-0.3, -0.25) is 4.79 Å². The van der Waals surface area contributed by atoms with Gasteiger partial charge < -0.3 is 24.3 Å². The van der Waals surface area contributed by atoms with Gasteiger partial charge in [-0.25, -0.2) is 0 Å². The van der Waals surface area contributed by atoms with Gasteiger partial charge in [0.2, 0.25) is 0 Å². The van der Waals surface area contributed by atoms with E-state index in [4.69, 9.17) is 9.47 Å². The highest BCUT2D eigenvalue weighted by atomic mass is 16.5. The number of hydrogen-bond acceptors (Lipinski definition) is 3. The zero-order chi connectivity index (χ0) is 21.5. The van der Waals surface area contributed by atoms with Gasteiger partial charge in [0.25, 0.3) is 5.91 Å². The summed E-state index contributed by atoms with van der Waals surface area (Å²) in [6, 6.07) is 10.7. The molecule has 31 heavy (non-hydrogen) atoms. The van der Waals surface area contributed by atoms with E-state index in [1.54, 1.807) is 14.2 Å². The first-order valence-corrected chi connectivity index (χ1v) is 11.0. The van der Waals surface area contributed by atoms with Crippen LogP contribution in [0.15, 0.2) is 30.3 Å². The Morgan fingerprint density at radius 1 is 1.10 bits per heavy atom. The largest absolute Gasteiger partial charge is 0.493 e. The number of fused-ring (bicyclic) bond motifs is 4. The molecule has 6 heteroatoms. The number of carbonyl (C=O) groups excluding carboxylic acids is 1. The molecular weight excluding hydrogens is 390 g/mol. The molecule has 0 fully saturated rings. The van der Waals surface area contributed by atoms with Crippen molar-refractivity contribution in [2.75, 3.05) is 33.9 Å². The Bertz CT molecular complexity index is 1150. The second kappa shape index (κ2) is 7.93. The van der Waals surface area contributed by atoms with Crippen molar-refractivity contribution in [2.24, 2.45) is 0 Å². The summed E-state index contributed by atoms with van der Waals surface area (Å²) < 4.78 is 10.9. The van der Waals surface area contributed by atoms with E-state index in [0.717, 1.165) is 44.0 Å². The number of hydrogen-bond donors (Lipinski definition) is 2. The number of carbonyl (C=O) groups is 1. The zero-order valence-electron chi connectivity index (χ0n) is 18.5. The van der Waals surface area contributed by atoms with Crippen LogP contribution >= 0.6 is 0 Å². The maximum absolute atomic E-state index is 13.2. The number of quaternary nitrogens is 1. The molecule has 1 amide bonds. The van der Waals surface area contributed by atoms with Gasteiger partial charge in [0.05, 0.1) is 20.8 Å². The van der Waals surface area contributed by atoms with Gasteiger partial charge in [0.15, 0.2) is 18.0 Å². The molecule has 1 aromatic heterocycles. The summed E-state index contributed by atoms with van der Waals surface area (Å²) in [7, 11) is 3.33. The lowest BCUT2D eigenvalue weighted by molar-refractivity contribution is -0.908. The fraction of sp³-hybridized carbons (Fsp3) is 0.400. The third kappa shape index (κ3) is 3.65. The molecule has 1 unspecified atom stereocenters. The molecular formula is C25H30N3O3+. The van der Waals surface area contributed by atoms with Crippen molar-refractivity contribution in [2.45, 2.75) is 32.9 Å². The average Bonchev–Trinajstić information content (AvgIpc) is 3.15. The number of aryl methyl sites for hydroxylation is 1. The predicted molar refractivity (Wildman–Crippen MR) is 120 cm³/mol. The van der Waals surface area contributed by atoms with Crippen molar-refractivity contribution in [3.05, 3.63) is 58.3 Å². The molecule has 0 spiro atoms. The molecule has 0 saturated carbocycles. The smallest absolute Gasteiger partial charge is 0.278 e. The molecule has 0 aliphatic carbocycles. The quantitative estimate of drug-likeness (QED) is 0.679. The van der Waals surface area contributed by atoms with Crippen LogP contribution in [-0.4, -0.2) is 49.6 Å². The number of methoxy groups -OCH3 is 2. The first-order valence-electron chi connectivity index (χ1n) is 11.0. The number of nitrogens with one attached hydrogen (secondary N) is 2. The number of amides is 1. The van der Waals surface area contributed by atoms with Crippen molar-refractivity contribution in [1.29, 1.82) is 0 Å². The summed E-state index contributed by atoms with van der Waals surface area (Å²) in [6.45, 7) is 5.93. The first kappa shape index (κ1) is 19.9. The van der Waals surface area contributed by atoms with E-state index in [1.807, 2.05) is 4.90 Å². The van der Waals surface area contributed by atoms with E-state index in [0.29, 0.717) is 13.1 Å². The van der Waals surface area contributed by atoms with E-state index in [9.17, 15) is 4.79 Å². The van der Waals surface area contributed by atoms with Crippen molar-refractivity contribution in [3.8, 4) is 11.5 Å². The first-order chi connectivity index (χ1) is 15.1. The lowest BCUT2D eigenvalue weighted by Crippen LogP contribution is -3.12. The number of rotatable bonds is 4. The summed E-state index contributed by atoms with van der Waals surface area (Å²) in [4.78, 5) is 20.1. The number of aromatic amines is 1. The Morgan fingerprint density at radius 2 is 1.87 bits per heavy atom. The summed E-state index contributed by atoms with van der Waals surface area (Å²) in [5.74, 6) is 1.78. The minimum atomic E-state index is 0.242. The van der Waals surface area contributed by atoms with Crippen LogP contribution in [0.3, 0.4) is 0 Å². The average molecular weight is 421 g/mol. The van der Waals surface area contributed by atoms with Crippen LogP contribution in [0.25, 0.3) is 10.9 Å². The third-order valence-corrected chi connectivity index (χ3v) is 6.78. The van der Waals surface area contributed by atoms with Crippen molar-refractivity contribution >= 4 is 16.8 Å². The van der Waals surface area contributed by atoms with Gasteiger partial charge in [0, 0.05) is 53.7 Å². The number of benzene rings is 2. The Hall–Kier alpha value is -2.99. The molecule has 3 aromatic rings. The molecule has 0 bridgehead atoms. The lowest BCUT2D eigenvalue weighted by atomic mass is 9.98. The molecule has 2 aliphatic heterocycles. The van der Waals surface area contributed by atoms with Crippen LogP contribution in [0.1, 0.15) is 27.9 Å².